The first-order valence-corrected chi connectivity index (χ1v) is 4.27. The van der Waals surface area contributed by atoms with E-state index in [0.29, 0.717) is 0 Å². The lowest BCUT2D eigenvalue weighted by Crippen LogP contribution is -2.26. The highest BCUT2D eigenvalue weighted by Crippen LogP contribution is 2.31. The van der Waals surface area contributed by atoms with Crippen molar-refractivity contribution in [1.29, 1.82) is 0 Å². The molecule has 1 aromatic rings. The molecule has 2 nitrogen and oxygen atoms in total. The van der Waals surface area contributed by atoms with Gasteiger partial charge in [-0.3, -0.25) is 0 Å². The van der Waals surface area contributed by atoms with Gasteiger partial charge in [0.15, 0.2) is 0 Å². The van der Waals surface area contributed by atoms with Gasteiger partial charge in [-0.15, -0.1) is 0 Å². The van der Waals surface area contributed by atoms with E-state index >= 15 is 0 Å². The maximum absolute atomic E-state index is 9.10. The third-order valence-corrected chi connectivity index (χ3v) is 2.62. The SMILES string of the molecule is N[C@@H]1Cc2ccccc2[C@@H]1CO. The molecule has 2 heteroatoms. The minimum Gasteiger partial charge on any atom is -0.396 e. The summed E-state index contributed by atoms with van der Waals surface area (Å²) in [5, 5.41) is 9.10. The molecule has 0 aromatic heterocycles. The molecule has 0 bridgehead atoms. The Labute approximate surface area is 72.0 Å². The van der Waals surface area contributed by atoms with Gasteiger partial charge in [-0.2, -0.15) is 0 Å². The number of fused-ring (bicyclic) bond motifs is 1. The summed E-state index contributed by atoms with van der Waals surface area (Å²) in [6.07, 6.45) is 0.904. The van der Waals surface area contributed by atoms with Crippen molar-refractivity contribution in [3.05, 3.63) is 35.4 Å². The molecule has 1 aliphatic rings. The van der Waals surface area contributed by atoms with Crippen LogP contribution < -0.4 is 5.73 Å². The molecule has 0 saturated carbocycles. The lowest BCUT2D eigenvalue weighted by Gasteiger charge is -2.12. The Kier molecular flexibility index (Phi) is 1.87. The lowest BCUT2D eigenvalue weighted by atomic mass is 10.0. The fraction of sp³-hybridized carbons (Fsp3) is 0.400. The van der Waals surface area contributed by atoms with Gasteiger partial charge >= 0.3 is 0 Å². The third-order valence-electron chi connectivity index (χ3n) is 2.62. The first kappa shape index (κ1) is 7.77. The Balaban J connectivity index is 2.40. The monoisotopic (exact) mass is 163 g/mol. The van der Waals surface area contributed by atoms with Gasteiger partial charge in [0.2, 0.25) is 0 Å². The molecule has 2 atom stereocenters. The second-order valence-electron chi connectivity index (χ2n) is 3.36. The van der Waals surface area contributed by atoms with Gasteiger partial charge in [-0.1, -0.05) is 24.3 Å². The van der Waals surface area contributed by atoms with Crippen molar-refractivity contribution in [2.45, 2.75) is 18.4 Å². The van der Waals surface area contributed by atoms with E-state index in [0.717, 1.165) is 6.42 Å². The summed E-state index contributed by atoms with van der Waals surface area (Å²) < 4.78 is 0. The first-order valence-electron chi connectivity index (χ1n) is 4.27. The van der Waals surface area contributed by atoms with E-state index in [2.05, 4.69) is 12.1 Å². The standard InChI is InChI=1S/C10H13NO/c11-10-5-7-3-1-2-4-8(7)9(10)6-12/h1-4,9-10,12H,5-6,11H2/t9-,10+/m0/s1. The maximum Gasteiger partial charge on any atom is 0.0514 e. The van der Waals surface area contributed by atoms with Crippen LogP contribution in [0.5, 0.6) is 0 Å². The van der Waals surface area contributed by atoms with Crippen LogP contribution in [0.3, 0.4) is 0 Å². The summed E-state index contributed by atoms with van der Waals surface area (Å²) in [6.45, 7) is 0.165. The molecule has 0 fully saturated rings. The van der Waals surface area contributed by atoms with Crippen LogP contribution in [0, 0.1) is 0 Å². The largest absolute Gasteiger partial charge is 0.396 e. The molecular weight excluding hydrogens is 150 g/mol. The van der Waals surface area contributed by atoms with Crippen molar-refractivity contribution in [3.8, 4) is 0 Å². The van der Waals surface area contributed by atoms with Crippen molar-refractivity contribution >= 4 is 0 Å². The fourth-order valence-electron chi connectivity index (χ4n) is 1.94. The van der Waals surface area contributed by atoms with E-state index in [-0.39, 0.29) is 18.6 Å². The average molecular weight is 163 g/mol. The van der Waals surface area contributed by atoms with Gasteiger partial charge in [-0.05, 0) is 17.5 Å². The van der Waals surface area contributed by atoms with Crippen LogP contribution in [-0.2, 0) is 6.42 Å². The number of hydrogen-bond acceptors (Lipinski definition) is 2. The molecule has 0 amide bonds. The lowest BCUT2D eigenvalue weighted by molar-refractivity contribution is 0.255. The second kappa shape index (κ2) is 2.88. The predicted molar refractivity (Wildman–Crippen MR) is 47.9 cm³/mol. The Morgan fingerprint density at radius 3 is 2.92 bits per heavy atom. The highest BCUT2D eigenvalue weighted by atomic mass is 16.3. The molecule has 0 spiro atoms. The minimum absolute atomic E-state index is 0.104. The molecule has 2 rings (SSSR count). The Hall–Kier alpha value is -0.860. The van der Waals surface area contributed by atoms with Crippen LogP contribution in [0.25, 0.3) is 0 Å². The van der Waals surface area contributed by atoms with E-state index < -0.39 is 0 Å². The molecule has 1 aliphatic carbocycles. The van der Waals surface area contributed by atoms with E-state index in [1.807, 2.05) is 12.1 Å². The Bertz CT molecular complexity index is 285. The van der Waals surface area contributed by atoms with Crippen molar-refractivity contribution < 1.29 is 5.11 Å². The summed E-state index contributed by atoms with van der Waals surface area (Å²) in [5.74, 6) is 0.154. The smallest absolute Gasteiger partial charge is 0.0514 e. The van der Waals surface area contributed by atoms with Crippen molar-refractivity contribution in [2.24, 2.45) is 5.73 Å². The molecular formula is C10H13NO. The number of hydrogen-bond donors (Lipinski definition) is 2. The number of rotatable bonds is 1. The van der Waals surface area contributed by atoms with Crippen LogP contribution in [0.15, 0.2) is 24.3 Å². The van der Waals surface area contributed by atoms with E-state index in [1.165, 1.54) is 11.1 Å². The molecule has 0 aliphatic heterocycles. The summed E-state index contributed by atoms with van der Waals surface area (Å²) in [6, 6.07) is 8.27. The number of benzene rings is 1. The average Bonchev–Trinajstić information content (AvgIpc) is 2.40. The molecule has 0 unspecified atom stereocenters. The van der Waals surface area contributed by atoms with Crippen LogP contribution >= 0.6 is 0 Å². The molecule has 0 radical (unpaired) electrons. The van der Waals surface area contributed by atoms with Crippen LogP contribution in [0.1, 0.15) is 17.0 Å². The fourth-order valence-corrected chi connectivity index (χ4v) is 1.94. The summed E-state index contributed by atoms with van der Waals surface area (Å²) >= 11 is 0. The van der Waals surface area contributed by atoms with Gasteiger partial charge in [0.1, 0.15) is 0 Å². The summed E-state index contributed by atoms with van der Waals surface area (Å²) in [7, 11) is 0. The van der Waals surface area contributed by atoms with Crippen molar-refractivity contribution in [3.63, 3.8) is 0 Å². The molecule has 3 N–H and O–H groups in total. The van der Waals surface area contributed by atoms with Gasteiger partial charge in [-0.25, -0.2) is 0 Å². The first-order chi connectivity index (χ1) is 5.83. The molecule has 12 heavy (non-hydrogen) atoms. The van der Waals surface area contributed by atoms with Crippen molar-refractivity contribution in [2.75, 3.05) is 6.61 Å². The summed E-state index contributed by atoms with van der Waals surface area (Å²) in [5.41, 5.74) is 8.40. The van der Waals surface area contributed by atoms with Gasteiger partial charge in [0.25, 0.3) is 0 Å². The Morgan fingerprint density at radius 2 is 2.17 bits per heavy atom. The summed E-state index contributed by atoms with van der Waals surface area (Å²) in [4.78, 5) is 0. The minimum atomic E-state index is 0.104. The number of nitrogens with two attached hydrogens (primary N) is 1. The second-order valence-corrected chi connectivity index (χ2v) is 3.36. The van der Waals surface area contributed by atoms with Gasteiger partial charge in [0.05, 0.1) is 6.61 Å². The van der Waals surface area contributed by atoms with Gasteiger partial charge < -0.3 is 10.8 Å². The predicted octanol–water partition coefficient (Wildman–Crippen LogP) is 0.646. The van der Waals surface area contributed by atoms with Crippen molar-refractivity contribution in [1.82, 2.24) is 0 Å². The quantitative estimate of drug-likeness (QED) is 0.638. The van der Waals surface area contributed by atoms with E-state index in [4.69, 9.17) is 10.8 Å². The molecule has 0 heterocycles. The zero-order valence-electron chi connectivity index (χ0n) is 6.90. The van der Waals surface area contributed by atoms with Crippen LogP contribution in [0.2, 0.25) is 0 Å². The molecule has 64 valence electrons. The topological polar surface area (TPSA) is 46.2 Å². The number of aliphatic hydroxyl groups is 1. The molecule has 0 saturated heterocycles. The zero-order valence-corrected chi connectivity index (χ0v) is 6.90. The van der Waals surface area contributed by atoms with E-state index in [9.17, 15) is 0 Å². The zero-order chi connectivity index (χ0) is 8.55. The molecule has 1 aromatic carbocycles. The highest BCUT2D eigenvalue weighted by molar-refractivity contribution is 5.37. The van der Waals surface area contributed by atoms with Crippen LogP contribution in [0.4, 0.5) is 0 Å². The maximum atomic E-state index is 9.10. The third kappa shape index (κ3) is 1.04. The normalized spacial score (nSPS) is 27.2. The number of aliphatic hydroxyl groups excluding tert-OH is 1. The van der Waals surface area contributed by atoms with Crippen LogP contribution in [-0.4, -0.2) is 17.8 Å². The Morgan fingerprint density at radius 1 is 1.42 bits per heavy atom. The highest BCUT2D eigenvalue weighted by Gasteiger charge is 2.28. The van der Waals surface area contributed by atoms with Gasteiger partial charge in [0, 0.05) is 12.0 Å². The van der Waals surface area contributed by atoms with E-state index in [1.54, 1.807) is 0 Å².